The molecule has 1 aliphatic rings. The van der Waals surface area contributed by atoms with Gasteiger partial charge in [-0.3, -0.25) is 0 Å². The number of nitrogens with zero attached hydrogens (tertiary/aromatic N) is 3. The predicted molar refractivity (Wildman–Crippen MR) is 85.7 cm³/mol. The largest absolute Gasteiger partial charge is 0.490 e. The molecule has 0 spiro atoms. The number of aromatic nitrogens is 2. The van der Waals surface area contributed by atoms with Crippen LogP contribution in [-0.2, 0) is 4.79 Å². The van der Waals surface area contributed by atoms with Crippen molar-refractivity contribution in [3.05, 3.63) is 16.5 Å². The third-order valence-electron chi connectivity index (χ3n) is 3.29. The van der Waals surface area contributed by atoms with Crippen molar-refractivity contribution in [1.29, 1.82) is 0 Å². The summed E-state index contributed by atoms with van der Waals surface area (Å²) in [5.74, 6) is -1.64. The molecule has 3 heterocycles. The molecule has 0 aromatic carbocycles. The van der Waals surface area contributed by atoms with Gasteiger partial charge < -0.3 is 20.3 Å². The van der Waals surface area contributed by atoms with Crippen molar-refractivity contribution in [2.24, 2.45) is 5.73 Å². The minimum atomic E-state index is -5.08. The summed E-state index contributed by atoms with van der Waals surface area (Å²) in [5, 5.41) is 13.7. The summed E-state index contributed by atoms with van der Waals surface area (Å²) in [4.78, 5) is 16.2. The van der Waals surface area contributed by atoms with Crippen LogP contribution in [0.3, 0.4) is 0 Å². The van der Waals surface area contributed by atoms with E-state index in [4.69, 9.17) is 31.8 Å². The third kappa shape index (κ3) is 5.31. The first kappa shape index (κ1) is 19.5. The van der Waals surface area contributed by atoms with E-state index in [1.54, 1.807) is 0 Å². The first-order valence-electron chi connectivity index (χ1n) is 7.06. The zero-order valence-corrected chi connectivity index (χ0v) is 14.2. The van der Waals surface area contributed by atoms with Crippen molar-refractivity contribution < 1.29 is 27.6 Å². The van der Waals surface area contributed by atoms with E-state index in [1.165, 1.54) is 11.3 Å². The fourth-order valence-corrected chi connectivity index (χ4v) is 3.04. The van der Waals surface area contributed by atoms with Gasteiger partial charge in [0.25, 0.3) is 11.8 Å². The molecule has 0 atom stereocenters. The van der Waals surface area contributed by atoms with Crippen LogP contribution in [0.25, 0.3) is 10.8 Å². The Balaban J connectivity index is 0.000000277. The Morgan fingerprint density at radius 1 is 1.44 bits per heavy atom. The van der Waals surface area contributed by atoms with E-state index in [9.17, 15) is 13.2 Å². The second kappa shape index (κ2) is 8.02. The van der Waals surface area contributed by atoms with Crippen molar-refractivity contribution in [3.8, 4) is 10.8 Å². The van der Waals surface area contributed by atoms with Gasteiger partial charge in [-0.25, -0.2) is 4.79 Å². The maximum Gasteiger partial charge on any atom is 0.490 e. The molecule has 0 amide bonds. The number of anilines is 1. The Bertz CT molecular complexity index is 713. The molecule has 0 unspecified atom stereocenters. The van der Waals surface area contributed by atoms with Crippen molar-refractivity contribution in [1.82, 2.24) is 10.1 Å². The van der Waals surface area contributed by atoms with Crippen molar-refractivity contribution >= 4 is 34.9 Å². The van der Waals surface area contributed by atoms with Gasteiger partial charge in [0.05, 0.1) is 5.02 Å². The number of hydrogen-bond acceptors (Lipinski definition) is 7. The monoisotopic (exact) mass is 398 g/mol. The first-order valence-corrected chi connectivity index (χ1v) is 8.32. The number of halogens is 4. The molecule has 0 radical (unpaired) electrons. The maximum absolute atomic E-state index is 10.6. The van der Waals surface area contributed by atoms with Gasteiger partial charge >= 0.3 is 12.1 Å². The average molecular weight is 399 g/mol. The topological polar surface area (TPSA) is 105 Å². The highest BCUT2D eigenvalue weighted by Crippen LogP contribution is 2.33. The lowest BCUT2D eigenvalue weighted by Crippen LogP contribution is -2.40. The molecule has 2 aromatic heterocycles. The van der Waals surface area contributed by atoms with Crippen molar-refractivity contribution in [2.75, 3.05) is 18.0 Å². The van der Waals surface area contributed by atoms with Gasteiger partial charge in [-0.1, -0.05) is 11.6 Å². The first-order chi connectivity index (χ1) is 11.7. The minimum absolute atomic E-state index is 0.291. The fraction of sp³-hybridized carbons (Fsp3) is 0.462. The summed E-state index contributed by atoms with van der Waals surface area (Å²) in [5.41, 5.74) is 5.87. The van der Waals surface area contributed by atoms with Crippen LogP contribution in [0.4, 0.5) is 19.1 Å². The number of carboxylic acids is 1. The molecule has 1 fully saturated rings. The molecule has 7 nitrogen and oxygen atoms in total. The Hall–Kier alpha value is -1.85. The quantitative estimate of drug-likeness (QED) is 0.800. The molecule has 1 saturated heterocycles. The van der Waals surface area contributed by atoms with E-state index in [1.807, 2.05) is 11.4 Å². The summed E-state index contributed by atoms with van der Waals surface area (Å²) in [6, 6.07) is 2.12. The number of alkyl halides is 3. The number of piperidine rings is 1. The smallest absolute Gasteiger partial charge is 0.475 e. The minimum Gasteiger partial charge on any atom is -0.475 e. The fourth-order valence-electron chi connectivity index (χ4n) is 1.98. The molecule has 1 aliphatic heterocycles. The Morgan fingerprint density at radius 2 is 2.04 bits per heavy atom. The van der Waals surface area contributed by atoms with Crippen LogP contribution in [-0.4, -0.2) is 46.5 Å². The van der Waals surface area contributed by atoms with E-state index >= 15 is 0 Å². The number of nitrogens with two attached hydrogens (primary N) is 1. The van der Waals surface area contributed by atoms with Crippen LogP contribution in [0.15, 0.2) is 16.0 Å². The second-order valence-electron chi connectivity index (χ2n) is 5.12. The van der Waals surface area contributed by atoms with E-state index < -0.39 is 12.1 Å². The number of carbonyl (C=O) groups is 1. The zero-order chi connectivity index (χ0) is 18.6. The van der Waals surface area contributed by atoms with Gasteiger partial charge in [0, 0.05) is 19.1 Å². The number of carboxylic acid groups (broad SMARTS) is 1. The van der Waals surface area contributed by atoms with Gasteiger partial charge in [-0.15, -0.1) is 11.3 Å². The Labute approximate surface area is 149 Å². The SMILES string of the molecule is NC1CCN(c2noc(-c3sccc3Cl)n2)CC1.O=C(O)C(F)(F)F. The van der Waals surface area contributed by atoms with Crippen LogP contribution in [0.2, 0.25) is 5.02 Å². The van der Waals surface area contributed by atoms with Crippen molar-refractivity contribution in [3.63, 3.8) is 0 Å². The number of rotatable bonds is 2. The summed E-state index contributed by atoms with van der Waals surface area (Å²) < 4.78 is 37.0. The van der Waals surface area contributed by atoms with Gasteiger partial charge in [0.2, 0.25) is 0 Å². The standard InChI is InChI=1S/C11H13ClN4OS.C2HF3O2/c12-8-3-6-18-9(8)10-14-11(15-17-10)16-4-1-7(13)2-5-16;3-2(4,5)1(6)7/h3,6-7H,1-2,4-5,13H2;(H,6,7). The summed E-state index contributed by atoms with van der Waals surface area (Å²) in [6.45, 7) is 1.75. The molecule has 25 heavy (non-hydrogen) atoms. The highest BCUT2D eigenvalue weighted by atomic mass is 35.5. The van der Waals surface area contributed by atoms with Gasteiger partial charge in [-0.2, -0.15) is 18.2 Å². The van der Waals surface area contributed by atoms with Crippen LogP contribution in [0.1, 0.15) is 12.8 Å². The van der Waals surface area contributed by atoms with Crippen LogP contribution in [0, 0.1) is 0 Å². The van der Waals surface area contributed by atoms with E-state index in [0.717, 1.165) is 30.8 Å². The lowest BCUT2D eigenvalue weighted by atomic mass is 10.1. The van der Waals surface area contributed by atoms with E-state index in [0.29, 0.717) is 22.9 Å². The Morgan fingerprint density at radius 3 is 2.52 bits per heavy atom. The van der Waals surface area contributed by atoms with Crippen LogP contribution in [0.5, 0.6) is 0 Å². The summed E-state index contributed by atoms with van der Waals surface area (Å²) >= 11 is 7.54. The van der Waals surface area contributed by atoms with Gasteiger partial charge in [-0.05, 0) is 29.4 Å². The average Bonchev–Trinajstić information content (AvgIpc) is 3.16. The van der Waals surface area contributed by atoms with Crippen molar-refractivity contribution in [2.45, 2.75) is 25.1 Å². The highest BCUT2D eigenvalue weighted by molar-refractivity contribution is 7.14. The van der Waals surface area contributed by atoms with Crippen LogP contribution >= 0.6 is 22.9 Å². The lowest BCUT2D eigenvalue weighted by Gasteiger charge is -2.28. The van der Waals surface area contributed by atoms with E-state index in [-0.39, 0.29) is 0 Å². The molecule has 0 saturated carbocycles. The highest BCUT2D eigenvalue weighted by Gasteiger charge is 2.38. The normalized spacial score (nSPS) is 15.6. The number of aliphatic carboxylic acids is 1. The number of hydrogen-bond donors (Lipinski definition) is 2. The third-order valence-corrected chi connectivity index (χ3v) is 4.62. The molecular formula is C13H14ClF3N4O3S. The molecule has 0 aliphatic carbocycles. The Kier molecular flexibility index (Phi) is 6.25. The van der Waals surface area contributed by atoms with Gasteiger partial charge in [0.1, 0.15) is 4.88 Å². The lowest BCUT2D eigenvalue weighted by molar-refractivity contribution is -0.192. The second-order valence-corrected chi connectivity index (χ2v) is 6.45. The molecule has 3 rings (SSSR count). The van der Waals surface area contributed by atoms with Crippen LogP contribution < -0.4 is 10.6 Å². The van der Waals surface area contributed by atoms with E-state index in [2.05, 4.69) is 15.0 Å². The molecular weight excluding hydrogens is 385 g/mol. The molecule has 138 valence electrons. The maximum atomic E-state index is 10.6. The molecule has 2 aromatic rings. The number of thiophene rings is 1. The summed E-state index contributed by atoms with van der Waals surface area (Å²) in [7, 11) is 0. The molecule has 3 N–H and O–H groups in total. The predicted octanol–water partition coefficient (Wildman–Crippen LogP) is 3.01. The molecule has 0 bridgehead atoms. The molecule has 12 heteroatoms. The zero-order valence-electron chi connectivity index (χ0n) is 12.7. The van der Waals surface area contributed by atoms with Gasteiger partial charge in [0.15, 0.2) is 0 Å². The summed E-state index contributed by atoms with van der Waals surface area (Å²) in [6.07, 6.45) is -3.16.